The number of aromatic nitrogens is 2. The Balaban J connectivity index is 0.000000150. The lowest BCUT2D eigenvalue weighted by atomic mass is 10.1. The van der Waals surface area contributed by atoms with Crippen molar-refractivity contribution in [3.63, 3.8) is 0 Å². The highest BCUT2D eigenvalue weighted by Crippen LogP contribution is 2.26. The molecule has 0 aliphatic rings. The molecular weight excluding hydrogens is 361 g/mol. The summed E-state index contributed by atoms with van der Waals surface area (Å²) < 4.78 is 0. The van der Waals surface area contributed by atoms with Crippen LogP contribution in [0.3, 0.4) is 0 Å². The summed E-state index contributed by atoms with van der Waals surface area (Å²) >= 11 is 11.4. The van der Waals surface area contributed by atoms with E-state index in [-0.39, 0.29) is 10.8 Å². The van der Waals surface area contributed by atoms with E-state index in [1.165, 1.54) is 18.3 Å². The molecule has 4 aromatic rings. The molecule has 124 valence electrons. The molecule has 0 radical (unpaired) electrons. The van der Waals surface area contributed by atoms with Crippen molar-refractivity contribution in [1.29, 1.82) is 0 Å². The van der Waals surface area contributed by atoms with Crippen LogP contribution in [0.4, 0.5) is 5.69 Å². The number of hydrogen-bond donors (Lipinski definition) is 0. The molecule has 0 amide bonds. The molecule has 0 saturated carbocycles. The first-order valence-electron chi connectivity index (χ1n) is 7.23. The van der Waals surface area contributed by atoms with Crippen LogP contribution in [-0.2, 0) is 0 Å². The number of non-ortho nitro benzene ring substituents is 1. The smallest absolute Gasteiger partial charge is 0.258 e. The fourth-order valence-corrected chi connectivity index (χ4v) is 2.67. The molecule has 0 fully saturated rings. The topological polar surface area (TPSA) is 68.9 Å². The van der Waals surface area contributed by atoms with E-state index in [2.05, 4.69) is 9.97 Å². The standard InChI is InChI=1S/C9H5ClN2O2.C9H6ClN/c10-9-4-7-6(5-11-9)2-1-3-8(7)12(13)14;10-9-5-7-3-1-2-4-8(7)6-11-9/h1-5H;1-6H. The fourth-order valence-electron chi connectivity index (χ4n) is 2.34. The second kappa shape index (κ2) is 7.42. The summed E-state index contributed by atoms with van der Waals surface area (Å²) in [4.78, 5) is 18.1. The van der Waals surface area contributed by atoms with Gasteiger partial charge in [-0.05, 0) is 17.5 Å². The Morgan fingerprint density at radius 3 is 2.12 bits per heavy atom. The van der Waals surface area contributed by atoms with E-state index >= 15 is 0 Å². The summed E-state index contributed by atoms with van der Waals surface area (Å²) in [6, 6.07) is 16.2. The molecule has 25 heavy (non-hydrogen) atoms. The van der Waals surface area contributed by atoms with E-state index in [9.17, 15) is 10.1 Å². The molecule has 7 heteroatoms. The number of hydrogen-bond acceptors (Lipinski definition) is 4. The number of pyridine rings is 2. The maximum atomic E-state index is 10.7. The minimum absolute atomic E-state index is 0.0480. The monoisotopic (exact) mass is 371 g/mol. The molecule has 0 bridgehead atoms. The highest BCUT2D eigenvalue weighted by Gasteiger charge is 2.11. The molecule has 0 unspecified atom stereocenters. The van der Waals surface area contributed by atoms with Gasteiger partial charge in [0.05, 0.1) is 10.3 Å². The van der Waals surface area contributed by atoms with E-state index in [1.807, 2.05) is 30.3 Å². The van der Waals surface area contributed by atoms with Crippen LogP contribution in [0, 0.1) is 10.1 Å². The fraction of sp³-hybridized carbons (Fsp3) is 0. The van der Waals surface area contributed by atoms with E-state index in [1.54, 1.807) is 18.3 Å². The third-order valence-corrected chi connectivity index (χ3v) is 3.91. The summed E-state index contributed by atoms with van der Waals surface area (Å²) in [6.45, 7) is 0. The van der Waals surface area contributed by atoms with E-state index in [0.29, 0.717) is 15.9 Å². The Morgan fingerprint density at radius 2 is 1.40 bits per heavy atom. The maximum Gasteiger partial charge on any atom is 0.277 e. The highest BCUT2D eigenvalue weighted by molar-refractivity contribution is 6.30. The Morgan fingerprint density at radius 1 is 0.800 bits per heavy atom. The van der Waals surface area contributed by atoms with Gasteiger partial charge in [-0.15, -0.1) is 0 Å². The number of nitrogens with zero attached hydrogens (tertiary/aromatic N) is 3. The van der Waals surface area contributed by atoms with Crippen LogP contribution in [0.25, 0.3) is 21.5 Å². The normalized spacial score (nSPS) is 10.3. The minimum atomic E-state index is -0.432. The lowest BCUT2D eigenvalue weighted by Crippen LogP contribution is -1.89. The van der Waals surface area contributed by atoms with Gasteiger partial charge < -0.3 is 0 Å². The molecule has 2 heterocycles. The van der Waals surface area contributed by atoms with Crippen molar-refractivity contribution in [1.82, 2.24) is 9.97 Å². The first kappa shape index (κ1) is 17.1. The zero-order valence-electron chi connectivity index (χ0n) is 12.8. The van der Waals surface area contributed by atoms with Crippen LogP contribution < -0.4 is 0 Å². The number of nitro groups is 1. The SMILES string of the molecule is Clc1cc2ccccc2cn1.O=[N+]([O-])c1cccc2cnc(Cl)cc12. The predicted molar refractivity (Wildman–Crippen MR) is 100 cm³/mol. The Kier molecular flexibility index (Phi) is 5.07. The van der Waals surface area contributed by atoms with Gasteiger partial charge in [-0.2, -0.15) is 0 Å². The molecule has 0 aliphatic heterocycles. The van der Waals surface area contributed by atoms with Gasteiger partial charge in [-0.3, -0.25) is 10.1 Å². The van der Waals surface area contributed by atoms with Crippen LogP contribution >= 0.6 is 23.2 Å². The highest BCUT2D eigenvalue weighted by atomic mass is 35.5. The Bertz CT molecular complexity index is 1070. The predicted octanol–water partition coefficient (Wildman–Crippen LogP) is 5.68. The van der Waals surface area contributed by atoms with Gasteiger partial charge in [-0.25, -0.2) is 9.97 Å². The van der Waals surface area contributed by atoms with Crippen molar-refractivity contribution in [3.05, 3.63) is 87.4 Å². The van der Waals surface area contributed by atoms with Crippen molar-refractivity contribution in [2.45, 2.75) is 0 Å². The van der Waals surface area contributed by atoms with Crippen molar-refractivity contribution < 1.29 is 4.92 Å². The van der Waals surface area contributed by atoms with Crippen LogP contribution in [0.2, 0.25) is 10.3 Å². The third-order valence-electron chi connectivity index (χ3n) is 3.50. The summed E-state index contributed by atoms with van der Waals surface area (Å²) in [6.07, 6.45) is 3.29. The van der Waals surface area contributed by atoms with E-state index in [4.69, 9.17) is 23.2 Å². The first-order valence-corrected chi connectivity index (χ1v) is 7.99. The van der Waals surface area contributed by atoms with Crippen LogP contribution in [0.5, 0.6) is 0 Å². The second-order valence-electron chi connectivity index (χ2n) is 5.12. The van der Waals surface area contributed by atoms with Crippen LogP contribution in [0.1, 0.15) is 0 Å². The molecule has 0 aliphatic carbocycles. The second-order valence-corrected chi connectivity index (χ2v) is 5.89. The molecule has 2 aromatic heterocycles. The number of halogens is 2. The number of benzene rings is 2. The maximum absolute atomic E-state index is 10.7. The summed E-state index contributed by atoms with van der Waals surface area (Å²) in [5, 5.41) is 14.9. The summed E-state index contributed by atoms with van der Waals surface area (Å²) in [7, 11) is 0. The molecular formula is C18H11Cl2N3O2. The van der Waals surface area contributed by atoms with E-state index < -0.39 is 4.92 Å². The van der Waals surface area contributed by atoms with Crippen molar-refractivity contribution >= 4 is 50.4 Å². The van der Waals surface area contributed by atoms with Crippen molar-refractivity contribution in [2.75, 3.05) is 0 Å². The Hall–Kier alpha value is -2.76. The van der Waals surface area contributed by atoms with Gasteiger partial charge in [0.2, 0.25) is 0 Å². The number of nitro benzene ring substituents is 1. The van der Waals surface area contributed by atoms with Gasteiger partial charge in [0.25, 0.3) is 5.69 Å². The zero-order valence-corrected chi connectivity index (χ0v) is 14.3. The lowest BCUT2D eigenvalue weighted by Gasteiger charge is -1.98. The average molecular weight is 372 g/mol. The quantitative estimate of drug-likeness (QED) is 0.245. The van der Waals surface area contributed by atoms with Crippen LogP contribution in [-0.4, -0.2) is 14.9 Å². The molecule has 0 N–H and O–H groups in total. The summed E-state index contributed by atoms with van der Waals surface area (Å²) in [5.74, 6) is 0. The van der Waals surface area contributed by atoms with Crippen LogP contribution in [0.15, 0.2) is 67.0 Å². The largest absolute Gasteiger partial charge is 0.277 e. The van der Waals surface area contributed by atoms with Gasteiger partial charge >= 0.3 is 0 Å². The number of rotatable bonds is 1. The minimum Gasteiger partial charge on any atom is -0.258 e. The number of fused-ring (bicyclic) bond motifs is 2. The Labute approximate surface area is 153 Å². The molecule has 4 rings (SSSR count). The zero-order chi connectivity index (χ0) is 17.8. The first-order chi connectivity index (χ1) is 12.0. The van der Waals surface area contributed by atoms with Gasteiger partial charge in [-0.1, -0.05) is 59.6 Å². The molecule has 0 saturated heterocycles. The molecule has 0 atom stereocenters. The van der Waals surface area contributed by atoms with E-state index in [0.717, 1.165) is 10.8 Å². The lowest BCUT2D eigenvalue weighted by molar-refractivity contribution is -0.383. The van der Waals surface area contributed by atoms with Gasteiger partial charge in [0, 0.05) is 29.2 Å². The molecule has 5 nitrogen and oxygen atoms in total. The van der Waals surface area contributed by atoms with Crippen molar-refractivity contribution in [3.8, 4) is 0 Å². The third kappa shape index (κ3) is 4.02. The summed E-state index contributed by atoms with van der Waals surface area (Å²) in [5.41, 5.74) is 0.0480. The van der Waals surface area contributed by atoms with Gasteiger partial charge in [0.1, 0.15) is 10.3 Å². The molecule has 0 spiro atoms. The molecule has 2 aromatic carbocycles. The average Bonchev–Trinajstić information content (AvgIpc) is 2.61. The van der Waals surface area contributed by atoms with Crippen molar-refractivity contribution in [2.24, 2.45) is 0 Å². The van der Waals surface area contributed by atoms with Gasteiger partial charge in [0.15, 0.2) is 0 Å².